The van der Waals surface area contributed by atoms with Gasteiger partial charge in [-0.05, 0) is 38.5 Å². The molecule has 1 unspecified atom stereocenters. The Hall–Kier alpha value is -1.56. The molecule has 0 bridgehead atoms. The number of benzene rings is 1. The van der Waals surface area contributed by atoms with Crippen LogP contribution in [0.5, 0.6) is 0 Å². The molecular formula is C14H22N2O3S. The van der Waals surface area contributed by atoms with Crippen molar-refractivity contribution in [3.05, 3.63) is 29.3 Å². The molecule has 5 nitrogen and oxygen atoms in total. The van der Waals surface area contributed by atoms with Crippen LogP contribution in [0, 0.1) is 6.92 Å². The highest BCUT2D eigenvalue weighted by molar-refractivity contribution is 7.90. The smallest absolute Gasteiger partial charge is 0.254 e. The number of nitrogen functional groups attached to an aromatic ring is 1. The third-order valence-electron chi connectivity index (χ3n) is 3.17. The lowest BCUT2D eigenvalue weighted by atomic mass is 10.1. The quantitative estimate of drug-likeness (QED) is 0.835. The second kappa shape index (κ2) is 6.26. The molecule has 0 saturated carbocycles. The molecule has 1 rings (SSSR count). The second-order valence-electron chi connectivity index (χ2n) is 5.11. The van der Waals surface area contributed by atoms with Gasteiger partial charge in [0.25, 0.3) is 5.91 Å². The SMILES string of the molecule is CCN(C(=O)c1cc(N)ccc1C)C(C)CS(C)(=O)=O. The van der Waals surface area contributed by atoms with Gasteiger partial charge in [0.15, 0.2) is 0 Å². The van der Waals surface area contributed by atoms with E-state index < -0.39 is 9.84 Å². The summed E-state index contributed by atoms with van der Waals surface area (Å²) < 4.78 is 22.8. The number of sulfone groups is 1. The van der Waals surface area contributed by atoms with Crippen molar-refractivity contribution >= 4 is 21.4 Å². The largest absolute Gasteiger partial charge is 0.399 e. The molecule has 0 radical (unpaired) electrons. The van der Waals surface area contributed by atoms with Crippen molar-refractivity contribution in [2.24, 2.45) is 0 Å². The van der Waals surface area contributed by atoms with Gasteiger partial charge in [-0.2, -0.15) is 0 Å². The van der Waals surface area contributed by atoms with Crippen LogP contribution in [0.4, 0.5) is 5.69 Å². The van der Waals surface area contributed by atoms with Crippen LogP contribution < -0.4 is 5.73 Å². The molecule has 1 aromatic carbocycles. The van der Waals surface area contributed by atoms with E-state index in [4.69, 9.17) is 5.73 Å². The Morgan fingerprint density at radius 2 is 2.00 bits per heavy atom. The van der Waals surface area contributed by atoms with E-state index in [1.54, 1.807) is 30.0 Å². The van der Waals surface area contributed by atoms with E-state index in [-0.39, 0.29) is 17.7 Å². The van der Waals surface area contributed by atoms with E-state index in [1.165, 1.54) is 6.26 Å². The van der Waals surface area contributed by atoms with Gasteiger partial charge in [0.2, 0.25) is 0 Å². The molecule has 0 aliphatic heterocycles. The molecular weight excluding hydrogens is 276 g/mol. The van der Waals surface area contributed by atoms with Crippen molar-refractivity contribution in [3.63, 3.8) is 0 Å². The number of carbonyl (C=O) groups is 1. The summed E-state index contributed by atoms with van der Waals surface area (Å²) in [4.78, 5) is 14.1. The Bertz CT molecular complexity index is 596. The predicted octanol–water partition coefficient (Wildman–Crippen LogP) is 1.47. The van der Waals surface area contributed by atoms with Gasteiger partial charge >= 0.3 is 0 Å². The summed E-state index contributed by atoms with van der Waals surface area (Å²) in [5.74, 6) is -0.234. The van der Waals surface area contributed by atoms with Crippen LogP contribution in [0.15, 0.2) is 18.2 Å². The molecule has 112 valence electrons. The summed E-state index contributed by atoms with van der Waals surface area (Å²) in [5, 5.41) is 0. The van der Waals surface area contributed by atoms with Gasteiger partial charge < -0.3 is 10.6 Å². The number of amides is 1. The van der Waals surface area contributed by atoms with Crippen molar-refractivity contribution in [3.8, 4) is 0 Å². The zero-order chi connectivity index (χ0) is 15.5. The first kappa shape index (κ1) is 16.5. The standard InChI is InChI=1S/C14H22N2O3S/c1-5-16(11(3)9-20(4,18)19)14(17)13-8-12(15)7-6-10(13)2/h6-8,11H,5,9,15H2,1-4H3. The Kier molecular flexibility index (Phi) is 5.16. The molecule has 20 heavy (non-hydrogen) atoms. The van der Waals surface area contributed by atoms with Crippen LogP contribution in [-0.2, 0) is 9.84 Å². The molecule has 0 aromatic heterocycles. The average Bonchev–Trinajstić information content (AvgIpc) is 2.30. The Morgan fingerprint density at radius 1 is 1.40 bits per heavy atom. The fourth-order valence-corrected chi connectivity index (χ4v) is 3.26. The minimum absolute atomic E-state index is 0.0477. The van der Waals surface area contributed by atoms with Crippen molar-refractivity contribution in [2.45, 2.75) is 26.8 Å². The van der Waals surface area contributed by atoms with E-state index in [0.717, 1.165) is 5.56 Å². The maximum absolute atomic E-state index is 12.6. The van der Waals surface area contributed by atoms with Gasteiger partial charge in [0, 0.05) is 30.1 Å². The molecule has 2 N–H and O–H groups in total. The predicted molar refractivity (Wildman–Crippen MR) is 81.5 cm³/mol. The summed E-state index contributed by atoms with van der Waals surface area (Å²) in [7, 11) is -3.13. The normalized spacial score (nSPS) is 13.0. The number of anilines is 1. The first-order chi connectivity index (χ1) is 9.15. The number of hydrogen-bond acceptors (Lipinski definition) is 4. The third kappa shape index (κ3) is 4.23. The first-order valence-electron chi connectivity index (χ1n) is 6.50. The number of nitrogens with zero attached hydrogens (tertiary/aromatic N) is 1. The maximum atomic E-state index is 12.6. The lowest BCUT2D eigenvalue weighted by Gasteiger charge is -2.28. The summed E-state index contributed by atoms with van der Waals surface area (Å²) in [6.45, 7) is 5.86. The molecule has 0 fully saturated rings. The second-order valence-corrected chi connectivity index (χ2v) is 7.29. The van der Waals surface area contributed by atoms with Gasteiger partial charge in [-0.25, -0.2) is 8.42 Å². The first-order valence-corrected chi connectivity index (χ1v) is 8.56. The van der Waals surface area contributed by atoms with Gasteiger partial charge in [0.05, 0.1) is 5.75 Å². The molecule has 1 amide bonds. The zero-order valence-electron chi connectivity index (χ0n) is 12.4. The summed E-state index contributed by atoms with van der Waals surface area (Å²) >= 11 is 0. The van der Waals surface area contributed by atoms with Crippen LogP contribution in [0.2, 0.25) is 0 Å². The maximum Gasteiger partial charge on any atom is 0.254 e. The van der Waals surface area contributed by atoms with Crippen LogP contribution in [0.3, 0.4) is 0 Å². The monoisotopic (exact) mass is 298 g/mol. The molecule has 0 saturated heterocycles. The minimum Gasteiger partial charge on any atom is -0.399 e. The molecule has 1 atom stereocenters. The molecule has 1 aromatic rings. The van der Waals surface area contributed by atoms with E-state index in [1.807, 2.05) is 13.8 Å². The lowest BCUT2D eigenvalue weighted by Crippen LogP contribution is -2.42. The fourth-order valence-electron chi connectivity index (χ4n) is 2.21. The molecule has 0 spiro atoms. The van der Waals surface area contributed by atoms with Crippen molar-refractivity contribution in [1.29, 1.82) is 0 Å². The highest BCUT2D eigenvalue weighted by Crippen LogP contribution is 2.17. The van der Waals surface area contributed by atoms with Crippen LogP contribution in [0.25, 0.3) is 0 Å². The molecule has 6 heteroatoms. The topological polar surface area (TPSA) is 80.5 Å². The van der Waals surface area contributed by atoms with Crippen molar-refractivity contribution < 1.29 is 13.2 Å². The average molecular weight is 298 g/mol. The number of nitrogens with two attached hydrogens (primary N) is 1. The lowest BCUT2D eigenvalue weighted by molar-refractivity contribution is 0.0718. The van der Waals surface area contributed by atoms with Crippen LogP contribution >= 0.6 is 0 Å². The zero-order valence-corrected chi connectivity index (χ0v) is 13.2. The van der Waals surface area contributed by atoms with Crippen molar-refractivity contribution in [2.75, 3.05) is 24.3 Å². The van der Waals surface area contributed by atoms with Crippen molar-refractivity contribution in [1.82, 2.24) is 4.90 Å². The van der Waals surface area contributed by atoms with E-state index in [9.17, 15) is 13.2 Å². The molecule has 0 heterocycles. The fraction of sp³-hybridized carbons (Fsp3) is 0.500. The summed E-state index contributed by atoms with van der Waals surface area (Å²) in [6.07, 6.45) is 1.17. The van der Waals surface area contributed by atoms with Gasteiger partial charge in [-0.3, -0.25) is 4.79 Å². The number of carbonyl (C=O) groups excluding carboxylic acids is 1. The van der Waals surface area contributed by atoms with Gasteiger partial charge in [-0.15, -0.1) is 0 Å². The number of rotatable bonds is 5. The van der Waals surface area contributed by atoms with Crippen LogP contribution in [-0.4, -0.2) is 43.8 Å². The Morgan fingerprint density at radius 3 is 2.50 bits per heavy atom. The van der Waals surface area contributed by atoms with Gasteiger partial charge in [-0.1, -0.05) is 6.07 Å². The Labute approximate surface area is 120 Å². The number of hydrogen-bond donors (Lipinski definition) is 1. The number of aryl methyl sites for hydroxylation is 1. The van der Waals surface area contributed by atoms with E-state index in [2.05, 4.69) is 0 Å². The van der Waals surface area contributed by atoms with Crippen LogP contribution in [0.1, 0.15) is 29.8 Å². The molecule has 0 aliphatic carbocycles. The third-order valence-corrected chi connectivity index (χ3v) is 4.26. The Balaban J connectivity index is 3.06. The summed E-state index contributed by atoms with van der Waals surface area (Å²) in [5.41, 5.74) is 7.59. The summed E-state index contributed by atoms with van der Waals surface area (Å²) in [6, 6.07) is 4.79. The minimum atomic E-state index is -3.13. The highest BCUT2D eigenvalue weighted by Gasteiger charge is 2.24. The van der Waals surface area contributed by atoms with Gasteiger partial charge in [0.1, 0.15) is 9.84 Å². The van der Waals surface area contributed by atoms with E-state index >= 15 is 0 Å². The van der Waals surface area contributed by atoms with E-state index in [0.29, 0.717) is 17.8 Å². The molecule has 0 aliphatic rings. The highest BCUT2D eigenvalue weighted by atomic mass is 32.2.